The van der Waals surface area contributed by atoms with Gasteiger partial charge >= 0.3 is 18.2 Å². The maximum absolute atomic E-state index is 14.2. The van der Waals surface area contributed by atoms with E-state index < -0.39 is 47.9 Å². The number of carbonyl (C=O) groups excluding carboxylic acids is 3. The molecule has 3 atom stereocenters. The number of carboxylic acid groups (broad SMARTS) is 1. The predicted molar refractivity (Wildman–Crippen MR) is 170 cm³/mol. The topological polar surface area (TPSA) is 158 Å². The molecule has 4 aromatic rings. The van der Waals surface area contributed by atoms with Gasteiger partial charge in [-0.2, -0.15) is 0 Å². The number of ether oxygens (including phenoxy) is 2. The molecule has 3 amide bonds. The van der Waals surface area contributed by atoms with Crippen molar-refractivity contribution in [3.05, 3.63) is 95.7 Å². The average Bonchev–Trinajstić information content (AvgIpc) is 3.55. The number of carbonyl (C=O) groups is 4. The summed E-state index contributed by atoms with van der Waals surface area (Å²) in [6, 6.07) is 19.6. The number of aromatic amines is 1. The van der Waals surface area contributed by atoms with E-state index in [0.29, 0.717) is 10.5 Å². The maximum Gasteiger partial charge on any atom is 0.418 e. The summed E-state index contributed by atoms with van der Waals surface area (Å²) in [5, 5.41) is 23.7. The van der Waals surface area contributed by atoms with E-state index >= 15 is 0 Å². The Bertz CT molecular complexity index is 1730. The number of imide groups is 1. The molecule has 0 saturated carbocycles. The second-order valence-electron chi connectivity index (χ2n) is 12.3. The second kappa shape index (κ2) is 13.1. The summed E-state index contributed by atoms with van der Waals surface area (Å²) in [5.41, 5.74) is 4.41. The van der Waals surface area contributed by atoms with Crippen molar-refractivity contribution in [3.63, 3.8) is 0 Å². The van der Waals surface area contributed by atoms with Crippen molar-refractivity contribution in [2.24, 2.45) is 0 Å². The van der Waals surface area contributed by atoms with Crippen LogP contribution < -0.4 is 5.32 Å². The van der Waals surface area contributed by atoms with Crippen LogP contribution in [0.5, 0.6) is 0 Å². The molecule has 0 unspecified atom stereocenters. The lowest BCUT2D eigenvalue weighted by molar-refractivity contribution is -0.154. The number of hydrogen-bond acceptors (Lipinski definition) is 7. The molecule has 46 heavy (non-hydrogen) atoms. The van der Waals surface area contributed by atoms with Crippen LogP contribution >= 0.6 is 0 Å². The van der Waals surface area contributed by atoms with Gasteiger partial charge < -0.3 is 30.0 Å². The molecule has 0 fully saturated rings. The standard InChI is InChI=1S/C35H37N3O8/c1-20(39)30(32(41)42)38(34(44)46-35(2,3)4)31(40)29(17-21-18-36-28-16-10-9-11-22(21)28)37-33(43)45-19-27-25-14-7-5-12-23(25)24-13-6-8-15-26(24)27/h5-16,18,20,27,29-30,36,39H,17,19H2,1-4H3,(H,37,43)(H,41,42)/t20-,29+,30+/m1/s1. The van der Waals surface area contributed by atoms with Gasteiger partial charge in [-0.05, 0) is 61.6 Å². The molecular weight excluding hydrogens is 590 g/mol. The van der Waals surface area contributed by atoms with Crippen LogP contribution in [0.4, 0.5) is 9.59 Å². The third kappa shape index (κ3) is 6.74. The number of nitrogens with one attached hydrogen (secondary N) is 2. The second-order valence-corrected chi connectivity index (χ2v) is 12.3. The highest BCUT2D eigenvalue weighted by Gasteiger charge is 2.44. The fourth-order valence-corrected chi connectivity index (χ4v) is 5.85. The van der Waals surface area contributed by atoms with Crippen LogP contribution in [0.25, 0.3) is 22.0 Å². The number of benzene rings is 3. The van der Waals surface area contributed by atoms with E-state index in [4.69, 9.17) is 9.47 Å². The lowest BCUT2D eigenvalue weighted by Crippen LogP contribution is -2.60. The number of aliphatic hydroxyl groups excluding tert-OH is 1. The third-order valence-electron chi connectivity index (χ3n) is 7.85. The average molecular weight is 628 g/mol. The van der Waals surface area contributed by atoms with Gasteiger partial charge in [0.15, 0.2) is 6.04 Å². The van der Waals surface area contributed by atoms with Crippen molar-refractivity contribution in [2.45, 2.75) is 63.8 Å². The lowest BCUT2D eigenvalue weighted by atomic mass is 9.98. The van der Waals surface area contributed by atoms with Crippen LogP contribution in [0.2, 0.25) is 0 Å². The van der Waals surface area contributed by atoms with Crippen LogP contribution in [0.1, 0.15) is 50.3 Å². The Hall–Kier alpha value is -5.16. The molecule has 1 aliphatic rings. The molecule has 11 heteroatoms. The zero-order valence-electron chi connectivity index (χ0n) is 26.0. The first-order chi connectivity index (χ1) is 21.9. The SMILES string of the molecule is C[C@@H](O)[C@@H](C(=O)O)N(C(=O)OC(C)(C)C)C(=O)[C@H](Cc1c[nH]c2ccccc12)NC(=O)OCC1c2ccccc2-c2ccccc21. The number of para-hydroxylation sites is 1. The summed E-state index contributed by atoms with van der Waals surface area (Å²) in [7, 11) is 0. The van der Waals surface area contributed by atoms with Gasteiger partial charge in [-0.25, -0.2) is 19.3 Å². The quantitative estimate of drug-likeness (QED) is 0.197. The number of carboxylic acids is 1. The molecule has 5 rings (SSSR count). The molecule has 0 spiro atoms. The molecule has 11 nitrogen and oxygen atoms in total. The Kier molecular flexibility index (Phi) is 9.15. The lowest BCUT2D eigenvalue weighted by Gasteiger charge is -2.33. The Morgan fingerprint density at radius 2 is 1.52 bits per heavy atom. The number of H-pyrrole nitrogens is 1. The van der Waals surface area contributed by atoms with Gasteiger partial charge in [-0.3, -0.25) is 4.79 Å². The van der Waals surface area contributed by atoms with Gasteiger partial charge in [0.05, 0.1) is 6.10 Å². The first kappa shape index (κ1) is 32.2. The summed E-state index contributed by atoms with van der Waals surface area (Å²) in [6.45, 7) is 5.80. The van der Waals surface area contributed by atoms with Gasteiger partial charge in [0.2, 0.25) is 0 Å². The first-order valence-electron chi connectivity index (χ1n) is 15.0. The number of hydrogen-bond donors (Lipinski definition) is 4. The molecule has 1 aromatic heterocycles. The van der Waals surface area contributed by atoms with E-state index in [1.54, 1.807) is 27.0 Å². The highest BCUT2D eigenvalue weighted by atomic mass is 16.6. The normalized spacial score (nSPS) is 14.5. The maximum atomic E-state index is 14.2. The fourth-order valence-electron chi connectivity index (χ4n) is 5.85. The van der Waals surface area contributed by atoms with Crippen LogP contribution in [-0.4, -0.2) is 74.6 Å². The highest BCUT2D eigenvalue weighted by molar-refractivity contribution is 6.00. The zero-order chi connectivity index (χ0) is 33.2. The van der Waals surface area contributed by atoms with E-state index in [2.05, 4.69) is 10.3 Å². The molecular formula is C35H37N3O8. The summed E-state index contributed by atoms with van der Waals surface area (Å²) in [6.07, 6.45) is -2.32. The third-order valence-corrected chi connectivity index (χ3v) is 7.85. The number of aliphatic hydroxyl groups is 1. The number of amides is 3. The molecule has 4 N–H and O–H groups in total. The highest BCUT2D eigenvalue weighted by Crippen LogP contribution is 2.44. The van der Waals surface area contributed by atoms with Crippen LogP contribution in [0.3, 0.4) is 0 Å². The molecule has 0 aliphatic heterocycles. The summed E-state index contributed by atoms with van der Waals surface area (Å²) in [4.78, 5) is 56.7. The molecule has 1 heterocycles. The molecule has 1 aliphatic carbocycles. The van der Waals surface area contributed by atoms with Crippen molar-refractivity contribution in [3.8, 4) is 11.1 Å². The van der Waals surface area contributed by atoms with Crippen molar-refractivity contribution < 1.29 is 38.9 Å². The van der Waals surface area contributed by atoms with Crippen molar-refractivity contribution in [2.75, 3.05) is 6.61 Å². The number of aliphatic carboxylic acids is 1. The molecule has 0 saturated heterocycles. The van der Waals surface area contributed by atoms with Crippen LogP contribution in [-0.2, 0) is 25.5 Å². The van der Waals surface area contributed by atoms with Gasteiger partial charge in [0.1, 0.15) is 18.2 Å². The van der Waals surface area contributed by atoms with Crippen molar-refractivity contribution in [1.82, 2.24) is 15.2 Å². The van der Waals surface area contributed by atoms with E-state index in [-0.39, 0.29) is 18.9 Å². The zero-order valence-corrected chi connectivity index (χ0v) is 26.0. The Labute approximate surface area is 266 Å². The number of rotatable bonds is 9. The minimum Gasteiger partial charge on any atom is -0.480 e. The predicted octanol–water partition coefficient (Wildman–Crippen LogP) is 5.22. The number of fused-ring (bicyclic) bond motifs is 4. The van der Waals surface area contributed by atoms with E-state index in [9.17, 15) is 29.4 Å². The largest absolute Gasteiger partial charge is 0.480 e. The minimum atomic E-state index is -1.99. The molecule has 0 bridgehead atoms. The fraction of sp³-hybridized carbons (Fsp3) is 0.314. The van der Waals surface area contributed by atoms with Gasteiger partial charge in [-0.1, -0.05) is 66.7 Å². The van der Waals surface area contributed by atoms with E-state index in [0.717, 1.165) is 40.1 Å². The van der Waals surface area contributed by atoms with Gasteiger partial charge in [0, 0.05) is 29.4 Å². The van der Waals surface area contributed by atoms with Gasteiger partial charge in [-0.15, -0.1) is 0 Å². The minimum absolute atomic E-state index is 0.0327. The van der Waals surface area contributed by atoms with Crippen molar-refractivity contribution >= 4 is 35.0 Å². The summed E-state index contributed by atoms with van der Waals surface area (Å²) >= 11 is 0. The van der Waals surface area contributed by atoms with Crippen molar-refractivity contribution in [1.29, 1.82) is 0 Å². The summed E-state index contributed by atoms with van der Waals surface area (Å²) in [5.74, 6) is -2.95. The van der Waals surface area contributed by atoms with E-state index in [1.807, 2.05) is 72.8 Å². The number of aromatic nitrogens is 1. The number of alkyl carbamates (subject to hydrolysis) is 1. The van der Waals surface area contributed by atoms with E-state index in [1.165, 1.54) is 0 Å². The summed E-state index contributed by atoms with van der Waals surface area (Å²) < 4.78 is 11.1. The van der Waals surface area contributed by atoms with Crippen LogP contribution in [0, 0.1) is 0 Å². The Morgan fingerprint density at radius 3 is 2.11 bits per heavy atom. The van der Waals surface area contributed by atoms with Crippen LogP contribution in [0.15, 0.2) is 79.0 Å². The smallest absolute Gasteiger partial charge is 0.418 e. The Balaban J connectivity index is 1.45. The molecule has 3 aromatic carbocycles. The number of nitrogens with zero attached hydrogens (tertiary/aromatic N) is 1. The molecule has 240 valence electrons. The first-order valence-corrected chi connectivity index (χ1v) is 15.0. The van der Waals surface area contributed by atoms with Gasteiger partial charge in [0.25, 0.3) is 5.91 Å². The Morgan fingerprint density at radius 1 is 0.935 bits per heavy atom. The monoisotopic (exact) mass is 627 g/mol. The molecule has 0 radical (unpaired) electrons.